The Morgan fingerprint density at radius 2 is 2.28 bits per heavy atom. The number of benzene rings is 1. The largest absolute Gasteiger partial charge is 0.494 e. The summed E-state index contributed by atoms with van der Waals surface area (Å²) in [6.07, 6.45) is 3.14. The van der Waals surface area contributed by atoms with Crippen molar-refractivity contribution in [3.05, 3.63) is 44.0 Å². The lowest BCUT2D eigenvalue weighted by atomic mass is 10.2. The lowest BCUT2D eigenvalue weighted by Gasteiger charge is -2.06. The highest BCUT2D eigenvalue weighted by atomic mass is 127. The van der Waals surface area contributed by atoms with E-state index in [0.29, 0.717) is 0 Å². The minimum absolute atomic E-state index is 0.0684. The third-order valence-corrected chi connectivity index (χ3v) is 2.80. The van der Waals surface area contributed by atoms with Gasteiger partial charge in [0.2, 0.25) is 0 Å². The summed E-state index contributed by atoms with van der Waals surface area (Å²) in [4.78, 5) is 10.2. The Kier molecular flexibility index (Phi) is 3.45. The highest BCUT2D eigenvalue weighted by Gasteiger charge is 2.20. The average molecular weight is 363 g/mol. The molecule has 1 aromatic heterocycles. The Morgan fingerprint density at radius 3 is 2.78 bits per heavy atom. The van der Waals surface area contributed by atoms with Gasteiger partial charge in [-0.05, 0) is 22.6 Å². The van der Waals surface area contributed by atoms with E-state index in [1.165, 1.54) is 17.9 Å². The second kappa shape index (κ2) is 4.88. The first-order chi connectivity index (χ1) is 8.52. The normalized spacial score (nSPS) is 10.4. The summed E-state index contributed by atoms with van der Waals surface area (Å²) in [6.45, 7) is 0. The van der Waals surface area contributed by atoms with Crippen LogP contribution in [0.25, 0.3) is 5.69 Å². The third kappa shape index (κ3) is 2.28. The van der Waals surface area contributed by atoms with Gasteiger partial charge in [-0.3, -0.25) is 10.1 Å². The predicted octanol–water partition coefficient (Wildman–Crippen LogP) is 2.53. The molecule has 0 aliphatic heterocycles. The monoisotopic (exact) mass is 363 g/mol. The molecule has 1 aromatic carbocycles. The van der Waals surface area contributed by atoms with E-state index >= 15 is 0 Å². The molecule has 0 N–H and O–H groups in total. The van der Waals surface area contributed by atoms with Gasteiger partial charge in [0.05, 0.1) is 27.9 Å². The van der Waals surface area contributed by atoms with Crippen LogP contribution in [0, 0.1) is 19.5 Å². The van der Waals surface area contributed by atoms with Crippen LogP contribution >= 0.6 is 22.6 Å². The van der Waals surface area contributed by atoms with E-state index in [-0.39, 0.29) is 17.1 Å². The Bertz CT molecular complexity index is 614. The molecule has 94 valence electrons. The molecule has 18 heavy (non-hydrogen) atoms. The van der Waals surface area contributed by atoms with Crippen LogP contribution in [0.15, 0.2) is 24.5 Å². The molecule has 0 atom stereocenters. The zero-order chi connectivity index (χ0) is 13.3. The van der Waals surface area contributed by atoms with Crippen molar-refractivity contribution in [3.63, 3.8) is 0 Å². The quantitative estimate of drug-likeness (QED) is 0.478. The molecule has 0 saturated carbocycles. The molecule has 1 heterocycles. The molecule has 0 aliphatic carbocycles. The van der Waals surface area contributed by atoms with E-state index in [0.717, 1.165) is 9.64 Å². The lowest BCUT2D eigenvalue weighted by Crippen LogP contribution is -2.02. The summed E-state index contributed by atoms with van der Waals surface area (Å²) in [7, 11) is 1.29. The van der Waals surface area contributed by atoms with Crippen molar-refractivity contribution >= 4 is 28.3 Å². The molecule has 0 spiro atoms. The van der Waals surface area contributed by atoms with Gasteiger partial charge in [-0.15, -0.1) is 0 Å². The molecule has 0 aliphatic rings. The van der Waals surface area contributed by atoms with Crippen LogP contribution < -0.4 is 4.74 Å². The predicted molar refractivity (Wildman–Crippen MR) is 69.4 cm³/mol. The maximum Gasteiger partial charge on any atom is 0.298 e. The third-order valence-electron chi connectivity index (χ3n) is 2.24. The Hall–Kier alpha value is -1.71. The van der Waals surface area contributed by atoms with E-state index in [2.05, 4.69) is 5.10 Å². The van der Waals surface area contributed by atoms with Crippen molar-refractivity contribution in [2.75, 3.05) is 7.11 Å². The standard InChI is InChI=1S/C10H7FIN3O3/c1-18-10-3-8(14-5-6(12)4-13-14)9(15(16)17)2-7(10)11/h2-5H,1H3. The molecule has 0 amide bonds. The number of nitro benzene ring substituents is 1. The zero-order valence-corrected chi connectivity index (χ0v) is 11.3. The number of hydrogen-bond donors (Lipinski definition) is 0. The number of methoxy groups -OCH3 is 1. The summed E-state index contributed by atoms with van der Waals surface area (Å²) >= 11 is 2.02. The molecule has 8 heteroatoms. The molecular formula is C10H7FIN3O3. The molecule has 2 rings (SSSR count). The minimum atomic E-state index is -0.783. The smallest absolute Gasteiger partial charge is 0.298 e. The van der Waals surface area contributed by atoms with E-state index in [1.54, 1.807) is 12.4 Å². The second-order valence-electron chi connectivity index (χ2n) is 3.34. The first-order valence-corrected chi connectivity index (χ1v) is 5.83. The summed E-state index contributed by atoms with van der Waals surface area (Å²) in [5.74, 6) is -0.851. The number of nitrogens with zero attached hydrogens (tertiary/aromatic N) is 3. The lowest BCUT2D eigenvalue weighted by molar-refractivity contribution is -0.384. The highest BCUT2D eigenvalue weighted by Crippen LogP contribution is 2.30. The number of halogens is 2. The molecule has 0 saturated heterocycles. The van der Waals surface area contributed by atoms with E-state index in [9.17, 15) is 14.5 Å². The van der Waals surface area contributed by atoms with E-state index < -0.39 is 10.7 Å². The van der Waals surface area contributed by atoms with Crippen molar-refractivity contribution in [1.82, 2.24) is 9.78 Å². The fourth-order valence-corrected chi connectivity index (χ4v) is 1.84. The summed E-state index contributed by atoms with van der Waals surface area (Å²) in [6, 6.07) is 2.07. The average Bonchev–Trinajstić information content (AvgIpc) is 2.75. The van der Waals surface area contributed by atoms with Gasteiger partial charge in [0.15, 0.2) is 11.6 Å². The molecule has 0 radical (unpaired) electrons. The van der Waals surface area contributed by atoms with Gasteiger partial charge in [-0.1, -0.05) is 0 Å². The van der Waals surface area contributed by atoms with E-state index in [1.807, 2.05) is 22.6 Å². The van der Waals surface area contributed by atoms with Gasteiger partial charge in [0, 0.05) is 12.3 Å². The molecule has 2 aromatic rings. The molecule has 0 bridgehead atoms. The molecule has 0 fully saturated rings. The summed E-state index contributed by atoms with van der Waals surface area (Å²) in [5, 5.41) is 14.9. The summed E-state index contributed by atoms with van der Waals surface area (Å²) < 4.78 is 20.4. The van der Waals surface area contributed by atoms with Crippen LogP contribution in [-0.4, -0.2) is 21.8 Å². The first kappa shape index (κ1) is 12.7. The van der Waals surface area contributed by atoms with Crippen LogP contribution in [0.1, 0.15) is 0 Å². The van der Waals surface area contributed by atoms with Crippen molar-refractivity contribution in [3.8, 4) is 11.4 Å². The van der Waals surface area contributed by atoms with Gasteiger partial charge in [-0.2, -0.15) is 5.10 Å². The Balaban J connectivity index is 2.66. The molecule has 6 nitrogen and oxygen atoms in total. The van der Waals surface area contributed by atoms with Gasteiger partial charge in [0.1, 0.15) is 5.69 Å². The number of nitro groups is 1. The van der Waals surface area contributed by atoms with Crippen LogP contribution in [0.3, 0.4) is 0 Å². The number of rotatable bonds is 3. The van der Waals surface area contributed by atoms with Crippen LogP contribution in [0.4, 0.5) is 10.1 Å². The van der Waals surface area contributed by atoms with Crippen molar-refractivity contribution in [1.29, 1.82) is 0 Å². The number of aromatic nitrogens is 2. The minimum Gasteiger partial charge on any atom is -0.494 e. The number of ether oxygens (including phenoxy) is 1. The van der Waals surface area contributed by atoms with Crippen molar-refractivity contribution < 1.29 is 14.1 Å². The second-order valence-corrected chi connectivity index (χ2v) is 4.58. The van der Waals surface area contributed by atoms with Crippen molar-refractivity contribution in [2.45, 2.75) is 0 Å². The zero-order valence-electron chi connectivity index (χ0n) is 9.13. The summed E-state index contributed by atoms with van der Waals surface area (Å²) in [5.41, 5.74) is -0.214. The fraction of sp³-hybridized carbons (Fsp3) is 0.100. The van der Waals surface area contributed by atoms with Gasteiger partial charge in [-0.25, -0.2) is 9.07 Å². The highest BCUT2D eigenvalue weighted by molar-refractivity contribution is 14.1. The topological polar surface area (TPSA) is 70.2 Å². The van der Waals surface area contributed by atoms with Crippen LogP contribution in [0.5, 0.6) is 5.75 Å². The van der Waals surface area contributed by atoms with Gasteiger partial charge in [0.25, 0.3) is 5.69 Å². The fourth-order valence-electron chi connectivity index (χ4n) is 1.45. The van der Waals surface area contributed by atoms with Crippen molar-refractivity contribution in [2.24, 2.45) is 0 Å². The Labute approximate surface area is 115 Å². The maximum absolute atomic E-state index is 13.5. The SMILES string of the molecule is COc1cc(-n2cc(I)cn2)c([N+](=O)[O-])cc1F. The molecule has 0 unspecified atom stereocenters. The number of hydrogen-bond acceptors (Lipinski definition) is 4. The maximum atomic E-state index is 13.5. The van der Waals surface area contributed by atoms with Gasteiger partial charge >= 0.3 is 0 Å². The van der Waals surface area contributed by atoms with Crippen LogP contribution in [-0.2, 0) is 0 Å². The van der Waals surface area contributed by atoms with E-state index in [4.69, 9.17) is 4.74 Å². The van der Waals surface area contributed by atoms with Gasteiger partial charge < -0.3 is 4.74 Å². The first-order valence-electron chi connectivity index (χ1n) is 4.75. The Morgan fingerprint density at radius 1 is 1.56 bits per heavy atom. The molecular weight excluding hydrogens is 356 g/mol. The van der Waals surface area contributed by atoms with Crippen LogP contribution in [0.2, 0.25) is 0 Å².